The van der Waals surface area contributed by atoms with Crippen molar-refractivity contribution in [2.24, 2.45) is 0 Å². The highest BCUT2D eigenvalue weighted by Gasteiger charge is 2.31. The van der Waals surface area contributed by atoms with Crippen molar-refractivity contribution in [2.75, 3.05) is 26.2 Å². The molecule has 1 fully saturated rings. The van der Waals surface area contributed by atoms with Gasteiger partial charge < -0.3 is 9.64 Å². The highest BCUT2D eigenvalue weighted by atomic mass is 32.2. The summed E-state index contributed by atoms with van der Waals surface area (Å²) in [5.41, 5.74) is 0.708. The van der Waals surface area contributed by atoms with Gasteiger partial charge in [-0.05, 0) is 24.6 Å². The van der Waals surface area contributed by atoms with Crippen molar-refractivity contribution in [1.29, 1.82) is 0 Å². The minimum absolute atomic E-state index is 0.0498. The predicted molar refractivity (Wildman–Crippen MR) is 104 cm³/mol. The molecule has 2 aromatic rings. The summed E-state index contributed by atoms with van der Waals surface area (Å²) in [7, 11) is -3.48. The Labute approximate surface area is 168 Å². The summed E-state index contributed by atoms with van der Waals surface area (Å²) in [4.78, 5) is 14.1. The quantitative estimate of drug-likeness (QED) is 0.714. The lowest BCUT2D eigenvalue weighted by Crippen LogP contribution is -2.53. The van der Waals surface area contributed by atoms with E-state index in [0.717, 1.165) is 12.1 Å². The molecule has 156 valence electrons. The zero-order valence-corrected chi connectivity index (χ0v) is 16.7. The maximum atomic E-state index is 13.3. The van der Waals surface area contributed by atoms with Gasteiger partial charge in [0.15, 0.2) is 17.7 Å². The zero-order chi connectivity index (χ0) is 21.0. The molecular weight excluding hydrogens is 402 g/mol. The van der Waals surface area contributed by atoms with Gasteiger partial charge in [0.1, 0.15) is 5.75 Å². The van der Waals surface area contributed by atoms with Crippen LogP contribution >= 0.6 is 0 Å². The van der Waals surface area contributed by atoms with E-state index in [1.54, 1.807) is 24.3 Å². The number of rotatable bonds is 6. The molecular formula is C20H22F2N2O4S. The molecule has 1 heterocycles. The van der Waals surface area contributed by atoms with Gasteiger partial charge in [-0.2, -0.15) is 4.31 Å². The Hall–Kier alpha value is -2.52. The van der Waals surface area contributed by atoms with Crippen molar-refractivity contribution >= 4 is 15.9 Å². The largest absolute Gasteiger partial charge is 0.481 e. The molecule has 9 heteroatoms. The van der Waals surface area contributed by atoms with Gasteiger partial charge in [-0.15, -0.1) is 0 Å². The lowest BCUT2D eigenvalue weighted by Gasteiger charge is -2.35. The molecule has 1 amide bonds. The number of hydrogen-bond donors (Lipinski definition) is 0. The van der Waals surface area contributed by atoms with Crippen LogP contribution in [0.3, 0.4) is 0 Å². The van der Waals surface area contributed by atoms with Crippen LogP contribution in [0.15, 0.2) is 48.5 Å². The number of hydrogen-bond acceptors (Lipinski definition) is 4. The summed E-state index contributed by atoms with van der Waals surface area (Å²) in [6.45, 7) is 2.37. The fourth-order valence-corrected chi connectivity index (χ4v) is 4.64. The first-order valence-corrected chi connectivity index (χ1v) is 10.8. The number of amides is 1. The lowest BCUT2D eigenvalue weighted by atomic mass is 10.2. The average Bonchev–Trinajstić information content (AvgIpc) is 2.70. The fourth-order valence-electron chi connectivity index (χ4n) is 3.12. The minimum atomic E-state index is -3.48. The lowest BCUT2D eigenvalue weighted by molar-refractivity contribution is -0.139. The van der Waals surface area contributed by atoms with Crippen molar-refractivity contribution in [3.63, 3.8) is 0 Å². The van der Waals surface area contributed by atoms with E-state index in [-0.39, 0.29) is 43.6 Å². The van der Waals surface area contributed by atoms with Crippen molar-refractivity contribution in [1.82, 2.24) is 9.21 Å². The molecule has 6 nitrogen and oxygen atoms in total. The number of piperazine rings is 1. The molecule has 1 unspecified atom stereocenters. The van der Waals surface area contributed by atoms with E-state index >= 15 is 0 Å². The summed E-state index contributed by atoms with van der Waals surface area (Å²) in [6.07, 6.45) is -0.910. The molecule has 1 atom stereocenters. The van der Waals surface area contributed by atoms with E-state index < -0.39 is 27.8 Å². The van der Waals surface area contributed by atoms with E-state index in [1.807, 2.05) is 6.07 Å². The Morgan fingerprint density at radius 2 is 1.69 bits per heavy atom. The highest BCUT2D eigenvalue weighted by Crippen LogP contribution is 2.19. The topological polar surface area (TPSA) is 66.9 Å². The molecule has 2 aromatic carbocycles. The number of nitrogens with zero attached hydrogens (tertiary/aromatic N) is 2. The Bertz CT molecular complexity index is 962. The number of carbonyl (C=O) groups is 1. The van der Waals surface area contributed by atoms with Crippen LogP contribution in [0, 0.1) is 11.6 Å². The van der Waals surface area contributed by atoms with Gasteiger partial charge in [0.2, 0.25) is 10.0 Å². The van der Waals surface area contributed by atoms with Crippen molar-refractivity contribution in [2.45, 2.75) is 18.8 Å². The van der Waals surface area contributed by atoms with Crippen LogP contribution in [0.1, 0.15) is 12.5 Å². The number of benzene rings is 2. The Morgan fingerprint density at radius 1 is 1.03 bits per heavy atom. The standard InChI is InChI=1S/C20H22F2N2O4S/c1-15(28-17-7-8-18(21)19(22)13-17)20(25)23-9-11-24(12-10-23)29(26,27)14-16-5-3-2-4-6-16/h2-8,13,15H,9-12,14H2,1H3. The Kier molecular flexibility index (Phi) is 6.49. The van der Waals surface area contributed by atoms with Crippen LogP contribution in [-0.4, -0.2) is 55.8 Å². The molecule has 0 aromatic heterocycles. The second-order valence-corrected chi connectivity index (χ2v) is 8.77. The predicted octanol–water partition coefficient (Wildman–Crippen LogP) is 2.41. The highest BCUT2D eigenvalue weighted by molar-refractivity contribution is 7.88. The summed E-state index contributed by atoms with van der Waals surface area (Å²) >= 11 is 0. The molecule has 29 heavy (non-hydrogen) atoms. The van der Waals surface area contributed by atoms with E-state index in [9.17, 15) is 22.0 Å². The summed E-state index contributed by atoms with van der Waals surface area (Å²) < 4.78 is 58.3. The third kappa shape index (κ3) is 5.30. The zero-order valence-electron chi connectivity index (χ0n) is 15.9. The molecule has 0 saturated carbocycles. The van der Waals surface area contributed by atoms with Crippen LogP contribution in [-0.2, 0) is 20.6 Å². The molecule has 0 spiro atoms. The normalized spacial score (nSPS) is 16.4. The Balaban J connectivity index is 1.55. The van der Waals surface area contributed by atoms with E-state index in [4.69, 9.17) is 4.74 Å². The molecule has 1 aliphatic heterocycles. The van der Waals surface area contributed by atoms with Gasteiger partial charge in [0, 0.05) is 32.2 Å². The SMILES string of the molecule is CC(Oc1ccc(F)c(F)c1)C(=O)N1CCN(S(=O)(=O)Cc2ccccc2)CC1. The smallest absolute Gasteiger partial charge is 0.263 e. The molecule has 3 rings (SSSR count). The average molecular weight is 424 g/mol. The second kappa shape index (κ2) is 8.87. The molecule has 0 bridgehead atoms. The first-order valence-electron chi connectivity index (χ1n) is 9.18. The number of carbonyl (C=O) groups excluding carboxylic acids is 1. The number of ether oxygens (including phenoxy) is 1. The molecule has 0 N–H and O–H groups in total. The van der Waals surface area contributed by atoms with Crippen LogP contribution < -0.4 is 4.74 Å². The molecule has 0 aliphatic carbocycles. The third-order valence-electron chi connectivity index (χ3n) is 4.69. The second-order valence-electron chi connectivity index (χ2n) is 6.80. The van der Waals surface area contributed by atoms with Crippen LogP contribution in [0.2, 0.25) is 0 Å². The van der Waals surface area contributed by atoms with Gasteiger partial charge in [-0.3, -0.25) is 4.79 Å². The summed E-state index contributed by atoms with van der Waals surface area (Å²) in [6, 6.07) is 12.0. The third-order valence-corrected chi connectivity index (χ3v) is 6.54. The molecule has 0 radical (unpaired) electrons. The van der Waals surface area contributed by atoms with Crippen LogP contribution in [0.4, 0.5) is 8.78 Å². The Morgan fingerprint density at radius 3 is 2.31 bits per heavy atom. The summed E-state index contributed by atoms with van der Waals surface area (Å²) in [5, 5.41) is 0. The molecule has 1 saturated heterocycles. The van der Waals surface area contributed by atoms with E-state index in [2.05, 4.69) is 0 Å². The first kappa shape index (κ1) is 21.2. The van der Waals surface area contributed by atoms with Crippen LogP contribution in [0.5, 0.6) is 5.75 Å². The van der Waals surface area contributed by atoms with Crippen molar-refractivity contribution in [3.8, 4) is 5.75 Å². The van der Waals surface area contributed by atoms with Crippen LogP contribution in [0.25, 0.3) is 0 Å². The van der Waals surface area contributed by atoms with Gasteiger partial charge in [0.25, 0.3) is 5.91 Å². The number of halogens is 2. The number of sulfonamides is 1. The first-order chi connectivity index (χ1) is 13.8. The maximum Gasteiger partial charge on any atom is 0.263 e. The van der Waals surface area contributed by atoms with Gasteiger partial charge in [-0.1, -0.05) is 30.3 Å². The molecule has 1 aliphatic rings. The summed E-state index contributed by atoms with van der Waals surface area (Å²) in [5.74, 6) is -2.43. The van der Waals surface area contributed by atoms with Crippen molar-refractivity contribution in [3.05, 3.63) is 65.7 Å². The van der Waals surface area contributed by atoms with Gasteiger partial charge in [-0.25, -0.2) is 17.2 Å². The fraction of sp³-hybridized carbons (Fsp3) is 0.350. The minimum Gasteiger partial charge on any atom is -0.481 e. The van der Waals surface area contributed by atoms with Gasteiger partial charge >= 0.3 is 0 Å². The monoisotopic (exact) mass is 424 g/mol. The maximum absolute atomic E-state index is 13.3. The van der Waals surface area contributed by atoms with E-state index in [0.29, 0.717) is 5.56 Å². The van der Waals surface area contributed by atoms with Crippen molar-refractivity contribution < 1.29 is 26.7 Å². The van der Waals surface area contributed by atoms with E-state index in [1.165, 1.54) is 22.2 Å². The van der Waals surface area contributed by atoms with Gasteiger partial charge in [0.05, 0.1) is 5.75 Å².